The first-order valence-corrected chi connectivity index (χ1v) is 13.0. The van der Waals surface area contributed by atoms with Crippen molar-refractivity contribution in [2.75, 3.05) is 52.0 Å². The highest BCUT2D eigenvalue weighted by atomic mass is 127. The van der Waals surface area contributed by atoms with Crippen molar-refractivity contribution in [2.24, 2.45) is 0 Å². The van der Waals surface area contributed by atoms with Crippen molar-refractivity contribution in [3.8, 4) is 0 Å². The molecule has 2 amide bonds. The van der Waals surface area contributed by atoms with Crippen LogP contribution in [-0.2, 0) is 28.6 Å². The third kappa shape index (κ3) is 7.61. The number of likely N-dealkylation sites (N-methyl/N-ethyl adjacent to an activating group) is 1. The number of rotatable bonds is 11. The molecule has 14 heteroatoms. The molecule has 0 aromatic heterocycles. The number of halogens is 3. The van der Waals surface area contributed by atoms with Crippen molar-refractivity contribution in [1.29, 1.82) is 0 Å². The second-order valence-corrected chi connectivity index (χ2v) is 9.74. The average Bonchev–Trinajstić information content (AvgIpc) is 2.73. The number of amides is 2. The number of hydrogen-bond donors (Lipinski definition) is 1. The van der Waals surface area contributed by atoms with Gasteiger partial charge in [-0.3, -0.25) is 19.2 Å². The topological polar surface area (TPSA) is 140 Å². The first-order chi connectivity index (χ1) is 15.9. The minimum absolute atomic E-state index is 0.0680. The molecule has 34 heavy (non-hydrogen) atoms. The number of hydrogen-bond acceptors (Lipinski definition) is 8. The zero-order valence-electron chi connectivity index (χ0n) is 18.8. The number of carboxylic acid groups (broad SMARTS) is 1. The van der Waals surface area contributed by atoms with E-state index in [0.717, 1.165) is 4.90 Å². The molecule has 1 N–H and O–H groups in total. The van der Waals surface area contributed by atoms with Gasteiger partial charge >= 0.3 is 17.9 Å². The summed E-state index contributed by atoms with van der Waals surface area (Å²) in [5, 5.41) is 9.85. The smallest absolute Gasteiger partial charge is 0.337 e. The van der Waals surface area contributed by atoms with Crippen LogP contribution in [0.3, 0.4) is 0 Å². The van der Waals surface area contributed by atoms with E-state index in [4.69, 9.17) is 14.2 Å². The zero-order valence-corrected chi connectivity index (χ0v) is 25.2. The van der Waals surface area contributed by atoms with E-state index in [1.165, 1.54) is 19.1 Å². The number of nitrogens with zero attached hydrogens (tertiary/aromatic N) is 2. The van der Waals surface area contributed by atoms with Crippen molar-refractivity contribution in [2.45, 2.75) is 13.8 Å². The molecule has 0 heterocycles. The Morgan fingerprint density at radius 2 is 1.32 bits per heavy atom. The highest BCUT2D eigenvalue weighted by Crippen LogP contribution is 2.38. The van der Waals surface area contributed by atoms with Crippen LogP contribution < -0.4 is 4.90 Å². The molecular formula is C20H23I3N2O9. The molecule has 11 nitrogen and oxygen atoms in total. The van der Waals surface area contributed by atoms with E-state index in [0.29, 0.717) is 0 Å². The van der Waals surface area contributed by atoms with Gasteiger partial charge in [-0.2, -0.15) is 0 Å². The van der Waals surface area contributed by atoms with Crippen molar-refractivity contribution in [3.05, 3.63) is 21.8 Å². The highest BCUT2D eigenvalue weighted by Gasteiger charge is 2.33. The summed E-state index contributed by atoms with van der Waals surface area (Å²) in [6.07, 6.45) is 0. The fourth-order valence-electron chi connectivity index (χ4n) is 2.75. The fourth-order valence-corrected chi connectivity index (χ4v) is 7.56. The van der Waals surface area contributed by atoms with Gasteiger partial charge < -0.3 is 29.1 Å². The predicted molar refractivity (Wildman–Crippen MR) is 146 cm³/mol. The number of carboxylic acids is 1. The Hall–Kier alpha value is -1.28. The lowest BCUT2D eigenvalue weighted by Crippen LogP contribution is -2.42. The molecular weight excluding hydrogens is 793 g/mol. The number of carbonyl (C=O) groups excluding carboxylic acids is 4. The maximum absolute atomic E-state index is 13.6. The first-order valence-electron chi connectivity index (χ1n) is 9.72. The monoisotopic (exact) mass is 816 g/mol. The molecule has 0 aliphatic carbocycles. The van der Waals surface area contributed by atoms with E-state index < -0.39 is 42.8 Å². The van der Waals surface area contributed by atoms with Crippen LogP contribution in [0, 0.1) is 10.7 Å². The normalized spacial score (nSPS) is 10.4. The largest absolute Gasteiger partial charge is 0.478 e. The van der Waals surface area contributed by atoms with Crippen molar-refractivity contribution in [3.63, 3.8) is 0 Å². The standard InChI is InChI=1S/C20H23I3N2O9/c1-5-33-11(27)7-25(8-12(28)34-6-2)19(29)13-15(21)14(20(30)31)17(23)18(16(13)22)24(3)10(26)9-32-4/h5-9H2,1-4H3,(H,30,31). The van der Waals surface area contributed by atoms with E-state index in [1.807, 2.05) is 22.6 Å². The average molecular weight is 816 g/mol. The van der Waals surface area contributed by atoms with Gasteiger partial charge in [0.25, 0.3) is 11.8 Å². The van der Waals surface area contributed by atoms with Crippen LogP contribution in [0.1, 0.15) is 34.6 Å². The maximum Gasteiger partial charge on any atom is 0.337 e. The molecule has 0 aliphatic rings. The van der Waals surface area contributed by atoms with Gasteiger partial charge in [0.1, 0.15) is 19.7 Å². The quantitative estimate of drug-likeness (QED) is 0.264. The molecule has 0 saturated heterocycles. The summed E-state index contributed by atoms with van der Waals surface area (Å²) < 4.78 is 15.3. The minimum Gasteiger partial charge on any atom is -0.478 e. The number of aromatic carboxylic acids is 1. The fraction of sp³-hybridized carbons (Fsp3) is 0.450. The third-order valence-corrected chi connectivity index (χ3v) is 7.42. The SMILES string of the molecule is CCOC(=O)CN(CC(=O)OCC)C(=O)c1c(I)c(C(=O)O)c(I)c(N(C)C(=O)COC)c1I. The van der Waals surface area contributed by atoms with E-state index in [2.05, 4.69) is 0 Å². The lowest BCUT2D eigenvalue weighted by Gasteiger charge is -2.27. The zero-order chi connectivity index (χ0) is 26.2. The summed E-state index contributed by atoms with van der Waals surface area (Å²) in [6, 6.07) is 0. The Morgan fingerprint density at radius 3 is 1.74 bits per heavy atom. The van der Waals surface area contributed by atoms with Gasteiger partial charge in [-0.15, -0.1) is 0 Å². The van der Waals surface area contributed by atoms with Crippen LogP contribution in [0.25, 0.3) is 0 Å². The van der Waals surface area contributed by atoms with Crippen LogP contribution in [-0.4, -0.2) is 86.8 Å². The molecule has 1 aromatic carbocycles. The van der Waals surface area contributed by atoms with E-state index >= 15 is 0 Å². The number of esters is 2. The summed E-state index contributed by atoms with van der Waals surface area (Å²) in [4.78, 5) is 64.6. The van der Waals surface area contributed by atoms with Gasteiger partial charge in [-0.05, 0) is 81.6 Å². The first kappa shape index (κ1) is 30.8. The lowest BCUT2D eigenvalue weighted by atomic mass is 10.1. The van der Waals surface area contributed by atoms with E-state index in [9.17, 15) is 29.1 Å². The van der Waals surface area contributed by atoms with Gasteiger partial charge in [-0.1, -0.05) is 0 Å². The lowest BCUT2D eigenvalue weighted by molar-refractivity contribution is -0.147. The molecule has 0 radical (unpaired) electrons. The Bertz CT molecular complexity index is 965. The molecule has 0 spiro atoms. The number of anilines is 1. The Balaban J connectivity index is 3.75. The summed E-state index contributed by atoms with van der Waals surface area (Å²) in [5.74, 6) is -4.06. The van der Waals surface area contributed by atoms with Crippen LogP contribution in [0.5, 0.6) is 0 Å². The van der Waals surface area contributed by atoms with Crippen LogP contribution in [0.4, 0.5) is 5.69 Å². The van der Waals surface area contributed by atoms with Crippen molar-refractivity contribution < 1.29 is 43.3 Å². The highest BCUT2D eigenvalue weighted by molar-refractivity contribution is 14.1. The number of carbonyl (C=O) groups is 5. The molecule has 0 saturated carbocycles. The third-order valence-electron chi connectivity index (χ3n) is 4.24. The molecule has 188 valence electrons. The van der Waals surface area contributed by atoms with Crippen LogP contribution >= 0.6 is 67.8 Å². The Morgan fingerprint density at radius 1 is 0.853 bits per heavy atom. The summed E-state index contributed by atoms with van der Waals surface area (Å²) >= 11 is 5.38. The molecule has 0 fully saturated rings. The second kappa shape index (κ2) is 14.3. The van der Waals surface area contributed by atoms with Gasteiger partial charge in [0.15, 0.2) is 0 Å². The molecule has 0 unspecified atom stereocenters. The van der Waals surface area contributed by atoms with Gasteiger partial charge in [-0.25, -0.2) is 4.79 Å². The van der Waals surface area contributed by atoms with Crippen LogP contribution in [0.15, 0.2) is 0 Å². The van der Waals surface area contributed by atoms with Crippen molar-refractivity contribution in [1.82, 2.24) is 4.90 Å². The Labute approximate surface area is 237 Å². The second-order valence-electron chi connectivity index (χ2n) is 6.50. The van der Waals surface area contributed by atoms with Gasteiger partial charge in [0, 0.05) is 17.7 Å². The van der Waals surface area contributed by atoms with Gasteiger partial charge in [0.2, 0.25) is 0 Å². The number of ether oxygens (including phenoxy) is 3. The molecule has 0 bridgehead atoms. The van der Waals surface area contributed by atoms with E-state index in [1.54, 1.807) is 59.0 Å². The molecule has 0 atom stereocenters. The predicted octanol–water partition coefficient (Wildman–Crippen LogP) is 2.38. The summed E-state index contributed by atoms with van der Waals surface area (Å²) in [6.45, 7) is 1.95. The molecule has 1 aromatic rings. The maximum atomic E-state index is 13.6. The summed E-state index contributed by atoms with van der Waals surface area (Å²) in [5.41, 5.74) is -0.0689. The van der Waals surface area contributed by atoms with Crippen LogP contribution in [0.2, 0.25) is 0 Å². The molecule has 1 rings (SSSR count). The van der Waals surface area contributed by atoms with Gasteiger partial charge in [0.05, 0.1) is 37.2 Å². The Kier molecular flexibility index (Phi) is 13.0. The van der Waals surface area contributed by atoms with Crippen molar-refractivity contribution >= 4 is 103 Å². The van der Waals surface area contributed by atoms with E-state index in [-0.39, 0.29) is 47.3 Å². The minimum atomic E-state index is -1.31. The summed E-state index contributed by atoms with van der Waals surface area (Å²) in [7, 11) is 2.78. The number of benzene rings is 1. The molecule has 0 aliphatic heterocycles. The number of methoxy groups -OCH3 is 1.